The first-order valence-corrected chi connectivity index (χ1v) is 7.57. The lowest BCUT2D eigenvalue weighted by Gasteiger charge is -2.11. The summed E-state index contributed by atoms with van der Waals surface area (Å²) >= 11 is 1.28. The van der Waals surface area contributed by atoms with Crippen molar-refractivity contribution in [1.29, 1.82) is 0 Å². The molecule has 0 aliphatic carbocycles. The number of nitrogens with zero attached hydrogens (tertiary/aromatic N) is 1. The SMILES string of the molecule is CC(=O)c1cccc(O)c1NC(=O)c1ccc2nc(N)sc2c1. The first-order valence-electron chi connectivity index (χ1n) is 6.76. The smallest absolute Gasteiger partial charge is 0.255 e. The molecule has 1 heterocycles. The van der Waals surface area contributed by atoms with Crippen molar-refractivity contribution >= 4 is 44.1 Å². The lowest BCUT2D eigenvalue weighted by Crippen LogP contribution is -2.14. The van der Waals surface area contributed by atoms with Crippen molar-refractivity contribution in [2.75, 3.05) is 11.1 Å². The Hall–Kier alpha value is -2.93. The monoisotopic (exact) mass is 327 g/mol. The van der Waals surface area contributed by atoms with Crippen molar-refractivity contribution in [3.8, 4) is 5.75 Å². The standard InChI is InChI=1S/C16H13N3O3S/c1-8(20)10-3-2-4-12(21)14(10)19-15(22)9-5-6-11-13(7-9)23-16(17)18-11/h2-7,21H,1H3,(H2,17,18)(H,19,22). The molecule has 0 saturated carbocycles. The van der Waals surface area contributed by atoms with Gasteiger partial charge in [0.2, 0.25) is 0 Å². The largest absolute Gasteiger partial charge is 0.506 e. The third kappa shape index (κ3) is 2.86. The van der Waals surface area contributed by atoms with Gasteiger partial charge in [-0.2, -0.15) is 0 Å². The zero-order chi connectivity index (χ0) is 16.6. The number of carbonyl (C=O) groups is 2. The molecular weight excluding hydrogens is 314 g/mol. The first kappa shape index (κ1) is 15.0. The minimum Gasteiger partial charge on any atom is -0.506 e. The Morgan fingerprint density at radius 1 is 1.26 bits per heavy atom. The summed E-state index contributed by atoms with van der Waals surface area (Å²) in [6.07, 6.45) is 0. The van der Waals surface area contributed by atoms with Crippen LogP contribution in [0.5, 0.6) is 5.75 Å². The lowest BCUT2D eigenvalue weighted by atomic mass is 10.1. The number of amides is 1. The molecule has 0 atom stereocenters. The number of thiazole rings is 1. The van der Waals surface area contributed by atoms with Crippen LogP contribution in [-0.4, -0.2) is 21.8 Å². The van der Waals surface area contributed by atoms with Crippen LogP contribution < -0.4 is 11.1 Å². The fourth-order valence-electron chi connectivity index (χ4n) is 2.23. The predicted molar refractivity (Wildman–Crippen MR) is 90.1 cm³/mol. The molecule has 3 rings (SSSR count). The maximum Gasteiger partial charge on any atom is 0.255 e. The Morgan fingerprint density at radius 2 is 2.04 bits per heavy atom. The zero-order valence-electron chi connectivity index (χ0n) is 12.2. The maximum atomic E-state index is 12.4. The van der Waals surface area contributed by atoms with Crippen LogP contribution in [0.25, 0.3) is 10.2 Å². The summed E-state index contributed by atoms with van der Waals surface area (Å²) in [5, 5.41) is 12.9. The Labute approximate surface area is 135 Å². The Morgan fingerprint density at radius 3 is 2.78 bits per heavy atom. The molecule has 7 heteroatoms. The molecule has 3 aromatic rings. The van der Waals surface area contributed by atoms with E-state index in [2.05, 4.69) is 10.3 Å². The first-order chi connectivity index (χ1) is 11.0. The Kier molecular flexibility index (Phi) is 3.71. The van der Waals surface area contributed by atoms with Gasteiger partial charge in [-0.25, -0.2) is 4.98 Å². The molecule has 0 fully saturated rings. The third-order valence-corrected chi connectivity index (χ3v) is 4.17. The van der Waals surface area contributed by atoms with Crippen molar-refractivity contribution < 1.29 is 14.7 Å². The van der Waals surface area contributed by atoms with Gasteiger partial charge in [-0.15, -0.1) is 0 Å². The molecule has 4 N–H and O–H groups in total. The highest BCUT2D eigenvalue weighted by molar-refractivity contribution is 7.22. The van der Waals surface area contributed by atoms with Gasteiger partial charge in [0.05, 0.1) is 15.9 Å². The van der Waals surface area contributed by atoms with E-state index < -0.39 is 5.91 Å². The van der Waals surface area contributed by atoms with Gasteiger partial charge in [-0.1, -0.05) is 17.4 Å². The molecule has 0 aliphatic heterocycles. The highest BCUT2D eigenvalue weighted by Gasteiger charge is 2.16. The number of hydrogen-bond donors (Lipinski definition) is 3. The number of ketones is 1. The van der Waals surface area contributed by atoms with Crippen LogP contribution in [0.15, 0.2) is 36.4 Å². The van der Waals surface area contributed by atoms with E-state index in [1.165, 1.54) is 24.3 Å². The average Bonchev–Trinajstić information content (AvgIpc) is 2.87. The number of fused-ring (bicyclic) bond motifs is 1. The molecule has 6 nitrogen and oxygen atoms in total. The van der Waals surface area contributed by atoms with Gasteiger partial charge in [-0.3, -0.25) is 9.59 Å². The number of benzene rings is 2. The van der Waals surface area contributed by atoms with E-state index in [0.717, 1.165) is 10.2 Å². The number of nitrogens with two attached hydrogens (primary N) is 1. The van der Waals surface area contributed by atoms with Crippen molar-refractivity contribution in [3.05, 3.63) is 47.5 Å². The van der Waals surface area contributed by atoms with Gasteiger partial charge >= 0.3 is 0 Å². The van der Waals surface area contributed by atoms with Crippen molar-refractivity contribution in [3.63, 3.8) is 0 Å². The van der Waals surface area contributed by atoms with E-state index in [-0.39, 0.29) is 22.8 Å². The van der Waals surface area contributed by atoms with Gasteiger partial charge < -0.3 is 16.2 Å². The van der Waals surface area contributed by atoms with Crippen LogP contribution in [0, 0.1) is 0 Å². The van der Waals surface area contributed by atoms with Crippen LogP contribution in [0.2, 0.25) is 0 Å². The van der Waals surface area contributed by atoms with Gasteiger partial charge in [0.25, 0.3) is 5.91 Å². The molecule has 0 radical (unpaired) electrons. The Bertz CT molecular complexity index is 933. The van der Waals surface area contributed by atoms with E-state index >= 15 is 0 Å². The minimum atomic E-state index is -0.428. The zero-order valence-corrected chi connectivity index (χ0v) is 13.0. The lowest BCUT2D eigenvalue weighted by molar-refractivity contribution is 0.101. The van der Waals surface area contributed by atoms with E-state index in [1.54, 1.807) is 30.3 Å². The van der Waals surface area contributed by atoms with E-state index in [4.69, 9.17) is 5.73 Å². The molecule has 2 aromatic carbocycles. The summed E-state index contributed by atoms with van der Waals surface area (Å²) in [4.78, 5) is 28.2. The van der Waals surface area contributed by atoms with E-state index in [0.29, 0.717) is 10.7 Å². The summed E-state index contributed by atoms with van der Waals surface area (Å²) in [5.41, 5.74) is 7.11. The molecule has 0 bridgehead atoms. The summed E-state index contributed by atoms with van der Waals surface area (Å²) in [5.74, 6) is -0.834. The number of para-hydroxylation sites is 1. The summed E-state index contributed by atoms with van der Waals surface area (Å²) < 4.78 is 0.791. The van der Waals surface area contributed by atoms with Gasteiger partial charge in [0.1, 0.15) is 5.75 Å². The highest BCUT2D eigenvalue weighted by Crippen LogP contribution is 2.29. The van der Waals surface area contributed by atoms with Crippen LogP contribution in [-0.2, 0) is 0 Å². The number of nitrogen functional groups attached to an aromatic ring is 1. The second-order valence-electron chi connectivity index (χ2n) is 4.94. The van der Waals surface area contributed by atoms with Crippen molar-refractivity contribution in [2.24, 2.45) is 0 Å². The second-order valence-corrected chi connectivity index (χ2v) is 6.01. The molecule has 0 aliphatic rings. The molecule has 0 saturated heterocycles. The van der Waals surface area contributed by atoms with E-state index in [9.17, 15) is 14.7 Å². The summed E-state index contributed by atoms with van der Waals surface area (Å²) in [6, 6.07) is 9.50. The summed E-state index contributed by atoms with van der Waals surface area (Å²) in [6.45, 7) is 1.37. The van der Waals surface area contributed by atoms with Crippen LogP contribution in [0.3, 0.4) is 0 Å². The van der Waals surface area contributed by atoms with Crippen molar-refractivity contribution in [2.45, 2.75) is 6.92 Å². The summed E-state index contributed by atoms with van der Waals surface area (Å²) in [7, 11) is 0. The fraction of sp³-hybridized carbons (Fsp3) is 0.0625. The molecule has 23 heavy (non-hydrogen) atoms. The molecule has 116 valence electrons. The Balaban J connectivity index is 1.96. The van der Waals surface area contributed by atoms with E-state index in [1.807, 2.05) is 0 Å². The number of Topliss-reactive ketones (excluding diaryl/α,β-unsaturated/α-hetero) is 1. The number of anilines is 2. The number of aromatic hydroxyl groups is 1. The van der Waals surface area contributed by atoms with Gasteiger partial charge in [0, 0.05) is 11.1 Å². The number of carbonyl (C=O) groups excluding carboxylic acids is 2. The highest BCUT2D eigenvalue weighted by atomic mass is 32.1. The number of phenolic OH excluding ortho intramolecular Hbond substituents is 1. The second kappa shape index (κ2) is 5.69. The minimum absolute atomic E-state index is 0.105. The topological polar surface area (TPSA) is 105 Å². The van der Waals surface area contributed by atoms with Crippen LogP contribution in [0.4, 0.5) is 10.8 Å². The molecule has 0 unspecified atom stereocenters. The molecular formula is C16H13N3O3S. The maximum absolute atomic E-state index is 12.4. The number of nitrogens with one attached hydrogen (secondary N) is 1. The normalized spacial score (nSPS) is 10.7. The number of rotatable bonds is 3. The average molecular weight is 327 g/mol. The fourth-order valence-corrected chi connectivity index (χ4v) is 3.01. The van der Waals surface area contributed by atoms with Gasteiger partial charge in [0.15, 0.2) is 10.9 Å². The quantitative estimate of drug-likeness (QED) is 0.506. The van der Waals surface area contributed by atoms with Crippen LogP contribution in [0.1, 0.15) is 27.6 Å². The van der Waals surface area contributed by atoms with Gasteiger partial charge in [-0.05, 0) is 37.3 Å². The number of aromatic nitrogens is 1. The number of hydrogen-bond acceptors (Lipinski definition) is 6. The molecule has 0 spiro atoms. The molecule has 1 aromatic heterocycles. The number of phenols is 1. The van der Waals surface area contributed by atoms with Crippen LogP contribution >= 0.6 is 11.3 Å². The third-order valence-electron chi connectivity index (χ3n) is 3.33. The predicted octanol–water partition coefficient (Wildman–Crippen LogP) is 3.04. The van der Waals surface area contributed by atoms with Crippen molar-refractivity contribution in [1.82, 2.24) is 4.98 Å². The molecule has 1 amide bonds.